The summed E-state index contributed by atoms with van der Waals surface area (Å²) in [5.41, 5.74) is 0. The summed E-state index contributed by atoms with van der Waals surface area (Å²) in [5, 5.41) is 8.61. The van der Waals surface area contributed by atoms with Crippen LogP contribution in [0.1, 0.15) is 6.42 Å². The molecule has 1 fully saturated rings. The minimum absolute atomic E-state index is 0.0150. The summed E-state index contributed by atoms with van der Waals surface area (Å²) in [7, 11) is 1.61. The van der Waals surface area contributed by atoms with Crippen molar-refractivity contribution in [1.82, 2.24) is 0 Å². The molecule has 0 saturated carbocycles. The van der Waals surface area contributed by atoms with Crippen molar-refractivity contribution >= 4 is 0 Å². The third kappa shape index (κ3) is 1.47. The van der Waals surface area contributed by atoms with E-state index in [4.69, 9.17) is 14.7 Å². The zero-order chi connectivity index (χ0) is 7.40. The highest BCUT2D eigenvalue weighted by molar-refractivity contribution is 4.90. The van der Waals surface area contributed by atoms with E-state index in [1.165, 1.54) is 0 Å². The maximum atomic E-state index is 8.61. The first-order valence-electron chi connectivity index (χ1n) is 3.38. The molecule has 0 bridgehead atoms. The van der Waals surface area contributed by atoms with Gasteiger partial charge in [-0.05, 0) is 6.42 Å². The Labute approximate surface area is 60.5 Å². The quantitative estimate of drug-likeness (QED) is 0.536. The van der Waals surface area contributed by atoms with E-state index in [1.807, 2.05) is 0 Å². The van der Waals surface area contributed by atoms with Crippen molar-refractivity contribution in [2.24, 2.45) is 5.92 Å². The molecule has 0 N–H and O–H groups in total. The van der Waals surface area contributed by atoms with Crippen molar-refractivity contribution in [2.75, 3.05) is 20.3 Å². The molecule has 1 saturated heterocycles. The van der Waals surface area contributed by atoms with Crippen molar-refractivity contribution < 1.29 is 9.47 Å². The Kier molecular flexibility index (Phi) is 2.67. The molecule has 0 aromatic rings. The molecule has 3 nitrogen and oxygen atoms in total. The summed E-state index contributed by atoms with van der Waals surface area (Å²) < 4.78 is 10.2. The summed E-state index contributed by atoms with van der Waals surface area (Å²) >= 11 is 0. The second-order valence-electron chi connectivity index (χ2n) is 2.37. The molecule has 10 heavy (non-hydrogen) atoms. The maximum absolute atomic E-state index is 8.61. The molecule has 0 amide bonds. The Hall–Kier alpha value is -0.590. The lowest BCUT2D eigenvalue weighted by Crippen LogP contribution is -2.32. The molecule has 0 spiro atoms. The van der Waals surface area contributed by atoms with Crippen LogP contribution in [0, 0.1) is 17.2 Å². The summed E-state index contributed by atoms with van der Waals surface area (Å²) in [6.45, 7) is 1.26. The van der Waals surface area contributed by atoms with E-state index in [9.17, 15) is 0 Å². The third-order valence-electron chi connectivity index (χ3n) is 1.77. The molecule has 0 unspecified atom stereocenters. The Morgan fingerprint density at radius 2 is 2.50 bits per heavy atom. The van der Waals surface area contributed by atoms with Crippen LogP contribution in [0.3, 0.4) is 0 Å². The molecule has 1 aliphatic heterocycles. The second kappa shape index (κ2) is 3.55. The van der Waals surface area contributed by atoms with Crippen molar-refractivity contribution in [1.29, 1.82) is 5.26 Å². The molecule has 56 valence electrons. The zero-order valence-electron chi connectivity index (χ0n) is 6.04. The second-order valence-corrected chi connectivity index (χ2v) is 2.37. The topological polar surface area (TPSA) is 42.2 Å². The molecule has 0 radical (unpaired) electrons. The van der Waals surface area contributed by atoms with Crippen LogP contribution in [-0.4, -0.2) is 26.4 Å². The van der Waals surface area contributed by atoms with Crippen LogP contribution in [0.25, 0.3) is 0 Å². The van der Waals surface area contributed by atoms with Gasteiger partial charge in [-0.25, -0.2) is 0 Å². The molecule has 1 heterocycles. The smallest absolute Gasteiger partial charge is 0.0963 e. The molecular formula is C7H11NO2. The number of hydrogen-bond acceptors (Lipinski definition) is 3. The average molecular weight is 141 g/mol. The lowest BCUT2D eigenvalue weighted by molar-refractivity contribution is -0.0502. The number of rotatable bonds is 1. The number of nitrogens with zero attached hydrogens (tertiary/aromatic N) is 1. The van der Waals surface area contributed by atoms with Crippen LogP contribution in [0.15, 0.2) is 0 Å². The SMILES string of the molecule is CO[C@H]1COCC[C@H]1C#N. The highest BCUT2D eigenvalue weighted by atomic mass is 16.5. The molecule has 0 aromatic carbocycles. The first-order chi connectivity index (χ1) is 4.88. The molecule has 1 aliphatic rings. The highest BCUT2D eigenvalue weighted by Crippen LogP contribution is 2.16. The van der Waals surface area contributed by atoms with E-state index in [0.29, 0.717) is 13.2 Å². The van der Waals surface area contributed by atoms with Gasteiger partial charge in [0.25, 0.3) is 0 Å². The zero-order valence-corrected chi connectivity index (χ0v) is 6.04. The lowest BCUT2D eigenvalue weighted by Gasteiger charge is -2.25. The van der Waals surface area contributed by atoms with Crippen LogP contribution in [0.5, 0.6) is 0 Å². The van der Waals surface area contributed by atoms with Gasteiger partial charge in [0.15, 0.2) is 0 Å². The van der Waals surface area contributed by atoms with Crippen molar-refractivity contribution in [3.8, 4) is 6.07 Å². The number of nitriles is 1. The Bertz CT molecular complexity index is 141. The van der Waals surface area contributed by atoms with Gasteiger partial charge in [0.2, 0.25) is 0 Å². The number of hydrogen-bond donors (Lipinski definition) is 0. The standard InChI is InChI=1S/C7H11NO2/c1-9-7-5-10-3-2-6(7)4-8/h6-7H,2-3,5H2,1H3/t6-,7-/m0/s1. The highest BCUT2D eigenvalue weighted by Gasteiger charge is 2.24. The van der Waals surface area contributed by atoms with E-state index in [2.05, 4.69) is 6.07 Å². The van der Waals surface area contributed by atoms with Gasteiger partial charge in [0.1, 0.15) is 0 Å². The Morgan fingerprint density at radius 1 is 1.70 bits per heavy atom. The summed E-state index contributed by atoms with van der Waals surface area (Å²) in [5.74, 6) is 0.0266. The fraction of sp³-hybridized carbons (Fsp3) is 0.857. The van der Waals surface area contributed by atoms with Crippen LogP contribution in [0.4, 0.5) is 0 Å². The monoisotopic (exact) mass is 141 g/mol. The summed E-state index contributed by atoms with van der Waals surface area (Å²) in [6, 6.07) is 2.20. The van der Waals surface area contributed by atoms with Crippen molar-refractivity contribution in [2.45, 2.75) is 12.5 Å². The van der Waals surface area contributed by atoms with Gasteiger partial charge in [0.05, 0.1) is 24.7 Å². The van der Waals surface area contributed by atoms with Crippen LogP contribution in [0.2, 0.25) is 0 Å². The summed E-state index contributed by atoms with van der Waals surface area (Å²) in [6.07, 6.45) is 0.786. The van der Waals surface area contributed by atoms with Gasteiger partial charge in [0, 0.05) is 13.7 Å². The minimum Gasteiger partial charge on any atom is -0.379 e. The Morgan fingerprint density at radius 3 is 3.00 bits per heavy atom. The molecule has 3 heteroatoms. The molecular weight excluding hydrogens is 130 g/mol. The van der Waals surface area contributed by atoms with Crippen LogP contribution in [-0.2, 0) is 9.47 Å². The van der Waals surface area contributed by atoms with Gasteiger partial charge >= 0.3 is 0 Å². The molecule has 1 rings (SSSR count). The van der Waals surface area contributed by atoms with Gasteiger partial charge < -0.3 is 9.47 Å². The third-order valence-corrected chi connectivity index (χ3v) is 1.77. The van der Waals surface area contributed by atoms with Gasteiger partial charge in [-0.1, -0.05) is 0 Å². The first kappa shape index (κ1) is 7.52. The predicted molar refractivity (Wildman–Crippen MR) is 35.3 cm³/mol. The largest absolute Gasteiger partial charge is 0.379 e. The van der Waals surface area contributed by atoms with E-state index in [1.54, 1.807) is 7.11 Å². The minimum atomic E-state index is -0.0150. The number of ether oxygens (including phenoxy) is 2. The fourth-order valence-corrected chi connectivity index (χ4v) is 1.09. The number of methoxy groups -OCH3 is 1. The van der Waals surface area contributed by atoms with Gasteiger partial charge in [-0.3, -0.25) is 0 Å². The first-order valence-corrected chi connectivity index (χ1v) is 3.38. The maximum Gasteiger partial charge on any atom is 0.0963 e. The molecule has 0 aromatic heterocycles. The van der Waals surface area contributed by atoms with E-state index >= 15 is 0 Å². The average Bonchev–Trinajstić information content (AvgIpc) is 2.04. The predicted octanol–water partition coefficient (Wildman–Crippen LogP) is 0.561. The normalized spacial score (nSPS) is 33.2. The van der Waals surface area contributed by atoms with E-state index < -0.39 is 0 Å². The van der Waals surface area contributed by atoms with Gasteiger partial charge in [-0.15, -0.1) is 0 Å². The Balaban J connectivity index is 2.44. The van der Waals surface area contributed by atoms with Crippen molar-refractivity contribution in [3.05, 3.63) is 0 Å². The summed E-state index contributed by atoms with van der Waals surface area (Å²) in [4.78, 5) is 0. The van der Waals surface area contributed by atoms with Crippen LogP contribution >= 0.6 is 0 Å². The van der Waals surface area contributed by atoms with E-state index in [-0.39, 0.29) is 12.0 Å². The molecule has 2 atom stereocenters. The fourth-order valence-electron chi connectivity index (χ4n) is 1.09. The van der Waals surface area contributed by atoms with Crippen molar-refractivity contribution in [3.63, 3.8) is 0 Å². The lowest BCUT2D eigenvalue weighted by atomic mass is 9.99. The van der Waals surface area contributed by atoms with E-state index in [0.717, 1.165) is 6.42 Å². The van der Waals surface area contributed by atoms with Gasteiger partial charge in [-0.2, -0.15) is 5.26 Å². The molecule has 0 aliphatic carbocycles. The van der Waals surface area contributed by atoms with Crippen LogP contribution < -0.4 is 0 Å².